The van der Waals surface area contributed by atoms with Gasteiger partial charge in [0.15, 0.2) is 23.3 Å². The van der Waals surface area contributed by atoms with Crippen LogP contribution in [0.15, 0.2) is 200 Å². The summed E-state index contributed by atoms with van der Waals surface area (Å²) >= 11 is 0. The van der Waals surface area contributed by atoms with E-state index in [-0.39, 0.29) is 0 Å². The molecule has 0 amide bonds. The second-order valence-corrected chi connectivity index (χ2v) is 15.1. The van der Waals surface area contributed by atoms with E-state index in [9.17, 15) is 0 Å². The van der Waals surface area contributed by atoms with Gasteiger partial charge >= 0.3 is 0 Å². The van der Waals surface area contributed by atoms with Crippen LogP contribution >= 0.6 is 0 Å². The van der Waals surface area contributed by atoms with Crippen LogP contribution in [-0.4, -0.2) is 34.9 Å². The van der Waals surface area contributed by atoms with E-state index in [1.165, 1.54) is 0 Å². The van der Waals surface area contributed by atoms with Crippen LogP contribution in [0.4, 0.5) is 0 Å². The predicted octanol–water partition coefficient (Wildman–Crippen LogP) is 13.1. The highest BCUT2D eigenvalue weighted by atomic mass is 15.0. The molecule has 0 aliphatic rings. The number of aryl methyl sites for hydroxylation is 2. The fourth-order valence-corrected chi connectivity index (χ4v) is 7.84. The molecule has 7 nitrogen and oxygen atoms in total. The van der Waals surface area contributed by atoms with Crippen molar-refractivity contribution in [3.63, 3.8) is 0 Å². The number of hydrogen-bond donors (Lipinski definition) is 0. The first-order valence-corrected chi connectivity index (χ1v) is 20.6. The molecule has 0 atom stereocenters. The Labute approximate surface area is 360 Å². The Morgan fingerprint density at radius 2 is 0.677 bits per heavy atom. The van der Waals surface area contributed by atoms with E-state index in [2.05, 4.69) is 108 Å². The van der Waals surface area contributed by atoms with Crippen molar-refractivity contribution in [1.29, 1.82) is 0 Å². The molecule has 0 saturated carbocycles. The quantitative estimate of drug-likeness (QED) is 0.144. The van der Waals surface area contributed by atoms with Crippen LogP contribution in [-0.2, 0) is 0 Å². The van der Waals surface area contributed by atoms with Crippen molar-refractivity contribution in [2.24, 2.45) is 0 Å². The molecule has 0 radical (unpaired) electrons. The van der Waals surface area contributed by atoms with Crippen LogP contribution in [0.25, 0.3) is 102 Å². The van der Waals surface area contributed by atoms with Crippen molar-refractivity contribution in [2.75, 3.05) is 0 Å². The molecule has 0 aliphatic carbocycles. The second kappa shape index (κ2) is 16.8. The van der Waals surface area contributed by atoms with Gasteiger partial charge in [-0.2, -0.15) is 0 Å². The lowest BCUT2D eigenvalue weighted by molar-refractivity contribution is 1.02. The van der Waals surface area contributed by atoms with Gasteiger partial charge in [-0.3, -0.25) is 0 Å². The Morgan fingerprint density at radius 3 is 1.26 bits per heavy atom. The molecule has 7 heteroatoms. The first-order chi connectivity index (χ1) is 30.5. The summed E-state index contributed by atoms with van der Waals surface area (Å²) in [7, 11) is 0. The van der Waals surface area contributed by atoms with Crippen LogP contribution in [0.5, 0.6) is 0 Å². The number of benzene rings is 7. The highest BCUT2D eigenvalue weighted by molar-refractivity contribution is 5.95. The van der Waals surface area contributed by atoms with Crippen molar-refractivity contribution < 1.29 is 0 Å². The van der Waals surface area contributed by atoms with Crippen molar-refractivity contribution in [1.82, 2.24) is 34.9 Å². The lowest BCUT2D eigenvalue weighted by Crippen LogP contribution is -2.00. The SMILES string of the molecule is Cc1cc(-c2cccc(-c3cccc(-c4cc(-c5ccccc5)nc(-c5ccccc5)n4)c3)c2-c2cccc(-c3nc(-c4ccccc4)nc(-c4ccccc4)n3)c2)nc(C)n1. The zero-order valence-electron chi connectivity index (χ0n) is 34.2. The Bertz CT molecular complexity index is 3060. The molecule has 3 heterocycles. The third-order valence-corrected chi connectivity index (χ3v) is 10.7. The summed E-state index contributed by atoms with van der Waals surface area (Å²) < 4.78 is 0. The molecule has 0 unspecified atom stereocenters. The minimum Gasteiger partial charge on any atom is -0.239 e. The Kier molecular flexibility index (Phi) is 10.3. The van der Waals surface area contributed by atoms with E-state index < -0.39 is 0 Å². The topological polar surface area (TPSA) is 90.2 Å². The predicted molar refractivity (Wildman–Crippen MR) is 249 cm³/mol. The van der Waals surface area contributed by atoms with E-state index >= 15 is 0 Å². The molecule has 0 aliphatic heterocycles. The third kappa shape index (κ3) is 7.90. The number of rotatable bonds is 9. The van der Waals surface area contributed by atoms with Gasteiger partial charge in [0.1, 0.15) is 5.82 Å². The lowest BCUT2D eigenvalue weighted by Gasteiger charge is -2.18. The van der Waals surface area contributed by atoms with Crippen LogP contribution < -0.4 is 0 Å². The number of hydrogen-bond acceptors (Lipinski definition) is 7. The van der Waals surface area contributed by atoms with Gasteiger partial charge in [0, 0.05) is 44.6 Å². The van der Waals surface area contributed by atoms with Crippen LogP contribution in [0.2, 0.25) is 0 Å². The fraction of sp³-hybridized carbons (Fsp3) is 0.0364. The standard InChI is InChI=1S/C55H39N7/c1-36-32-50(57-37(2)56-36)47-31-17-30-46(42-26-15-27-43(33-42)49-35-48(38-18-7-3-8-19-38)58-52(59-49)39-20-9-4-10-21-39)51(47)44-28-16-29-45(34-44)55-61-53(40-22-11-5-12-23-40)60-54(62-55)41-24-13-6-14-25-41/h3-35H,1-2H3. The summed E-state index contributed by atoms with van der Waals surface area (Å²) in [5, 5.41) is 0. The molecular weight excluding hydrogens is 759 g/mol. The summed E-state index contributed by atoms with van der Waals surface area (Å²) in [6.07, 6.45) is 0. The van der Waals surface area contributed by atoms with Gasteiger partial charge in [-0.05, 0) is 60.4 Å². The van der Waals surface area contributed by atoms with Gasteiger partial charge in [0.25, 0.3) is 0 Å². The largest absolute Gasteiger partial charge is 0.239 e. The van der Waals surface area contributed by atoms with Gasteiger partial charge in [0.05, 0.1) is 17.1 Å². The second-order valence-electron chi connectivity index (χ2n) is 15.1. The molecular formula is C55H39N7. The number of aromatic nitrogens is 7. The molecule has 10 aromatic rings. The van der Waals surface area contributed by atoms with E-state index in [1.807, 2.05) is 111 Å². The molecule has 62 heavy (non-hydrogen) atoms. The molecule has 7 aromatic carbocycles. The molecule has 0 fully saturated rings. The van der Waals surface area contributed by atoms with Crippen molar-refractivity contribution in [3.8, 4) is 102 Å². The minimum absolute atomic E-state index is 0.585. The van der Waals surface area contributed by atoms with Crippen molar-refractivity contribution in [2.45, 2.75) is 13.8 Å². The third-order valence-electron chi connectivity index (χ3n) is 10.7. The van der Waals surface area contributed by atoms with Gasteiger partial charge in [-0.25, -0.2) is 34.9 Å². The zero-order chi connectivity index (χ0) is 41.8. The number of nitrogens with zero attached hydrogens (tertiary/aromatic N) is 7. The molecule has 0 saturated heterocycles. The first-order valence-electron chi connectivity index (χ1n) is 20.6. The molecule has 0 spiro atoms. The van der Waals surface area contributed by atoms with Gasteiger partial charge in [0.2, 0.25) is 0 Å². The van der Waals surface area contributed by atoms with Crippen LogP contribution in [0, 0.1) is 13.8 Å². The molecule has 294 valence electrons. The summed E-state index contributed by atoms with van der Waals surface area (Å²) in [5.74, 6) is 3.19. The molecule has 10 rings (SSSR count). The smallest absolute Gasteiger partial charge is 0.164 e. The molecule has 0 bridgehead atoms. The lowest BCUT2D eigenvalue weighted by atomic mass is 9.87. The van der Waals surface area contributed by atoms with Gasteiger partial charge < -0.3 is 0 Å². The average molecular weight is 798 g/mol. The maximum absolute atomic E-state index is 5.16. The van der Waals surface area contributed by atoms with Gasteiger partial charge in [-0.15, -0.1) is 0 Å². The molecule has 3 aromatic heterocycles. The Hall–Kier alpha value is -8.29. The summed E-state index contributed by atoms with van der Waals surface area (Å²) in [4.78, 5) is 34.9. The van der Waals surface area contributed by atoms with E-state index in [0.29, 0.717) is 29.1 Å². The maximum Gasteiger partial charge on any atom is 0.164 e. The normalized spacial score (nSPS) is 11.1. The van der Waals surface area contributed by atoms with E-state index in [1.54, 1.807) is 0 Å². The van der Waals surface area contributed by atoms with E-state index in [0.717, 1.165) is 84.0 Å². The zero-order valence-corrected chi connectivity index (χ0v) is 34.2. The maximum atomic E-state index is 5.16. The average Bonchev–Trinajstić information content (AvgIpc) is 3.34. The van der Waals surface area contributed by atoms with Gasteiger partial charge in [-0.1, -0.05) is 176 Å². The monoisotopic (exact) mass is 797 g/mol. The van der Waals surface area contributed by atoms with Crippen molar-refractivity contribution >= 4 is 0 Å². The summed E-state index contributed by atoms with van der Waals surface area (Å²) in [6, 6.07) is 68.1. The first kappa shape index (κ1) is 37.9. The highest BCUT2D eigenvalue weighted by Crippen LogP contribution is 2.42. The highest BCUT2D eigenvalue weighted by Gasteiger charge is 2.19. The summed E-state index contributed by atoms with van der Waals surface area (Å²) in [5.41, 5.74) is 14.2. The van der Waals surface area contributed by atoms with Crippen LogP contribution in [0.3, 0.4) is 0 Å². The minimum atomic E-state index is 0.585. The van der Waals surface area contributed by atoms with Crippen molar-refractivity contribution in [3.05, 3.63) is 212 Å². The fourth-order valence-electron chi connectivity index (χ4n) is 7.84. The van der Waals surface area contributed by atoms with E-state index in [4.69, 9.17) is 29.9 Å². The Balaban J connectivity index is 1.15. The molecule has 0 N–H and O–H groups in total. The van der Waals surface area contributed by atoms with Crippen LogP contribution in [0.1, 0.15) is 11.5 Å². The summed E-state index contributed by atoms with van der Waals surface area (Å²) in [6.45, 7) is 3.95. The Morgan fingerprint density at radius 1 is 0.258 bits per heavy atom.